The summed E-state index contributed by atoms with van der Waals surface area (Å²) in [4.78, 5) is 31.2. The number of nitrogens with one attached hydrogen (secondary N) is 1. The van der Waals surface area contributed by atoms with E-state index in [1.54, 1.807) is 26.4 Å². The molecule has 0 aliphatic carbocycles. The third-order valence-corrected chi connectivity index (χ3v) is 2.12. The number of hydrogen-bond donors (Lipinski definition) is 2. The van der Waals surface area contributed by atoms with Crippen molar-refractivity contribution >= 4 is 11.9 Å². The number of nitrogens with zero attached hydrogens (tertiary/aromatic N) is 2. The topological polar surface area (TPSA) is 101 Å². The van der Waals surface area contributed by atoms with Crippen molar-refractivity contribution < 1.29 is 14.3 Å². The number of hydrogen-bond acceptors (Lipinski definition) is 5. The van der Waals surface area contributed by atoms with E-state index in [4.69, 9.17) is 5.73 Å². The number of carbonyl (C=O) groups is 2. The fraction of sp³-hybridized carbons (Fsp3) is 0.500. The van der Waals surface area contributed by atoms with Gasteiger partial charge in [-0.1, -0.05) is 0 Å². The van der Waals surface area contributed by atoms with Gasteiger partial charge in [0.05, 0.1) is 13.2 Å². The molecule has 0 aliphatic rings. The zero-order chi connectivity index (χ0) is 12.8. The van der Waals surface area contributed by atoms with Gasteiger partial charge in [0.15, 0.2) is 6.04 Å². The average molecular weight is 240 g/mol. The number of imidazole rings is 1. The van der Waals surface area contributed by atoms with Crippen LogP contribution in [0.1, 0.15) is 12.7 Å². The van der Waals surface area contributed by atoms with E-state index in [2.05, 4.69) is 14.7 Å². The van der Waals surface area contributed by atoms with Crippen molar-refractivity contribution in [3.63, 3.8) is 0 Å². The first kappa shape index (κ1) is 13.2. The maximum absolute atomic E-state index is 11.7. The summed E-state index contributed by atoms with van der Waals surface area (Å²) < 4.78 is 4.68. The molecule has 1 atom stereocenters. The molecular formula is C10H16N4O3. The zero-order valence-corrected chi connectivity index (χ0v) is 9.84. The molecule has 0 spiro atoms. The molecule has 1 unspecified atom stereocenters. The number of carbonyl (C=O) groups excluding carboxylic acids is 2. The molecule has 0 bridgehead atoms. The second kappa shape index (κ2) is 6.00. The summed E-state index contributed by atoms with van der Waals surface area (Å²) in [6, 6.07) is -1.28. The van der Waals surface area contributed by atoms with Gasteiger partial charge in [-0.15, -0.1) is 0 Å². The molecule has 94 valence electrons. The lowest BCUT2D eigenvalue weighted by molar-refractivity contribution is -0.150. The van der Waals surface area contributed by atoms with Crippen LogP contribution in [0.25, 0.3) is 0 Å². The highest BCUT2D eigenvalue weighted by Crippen LogP contribution is 1.99. The Labute approximate surface area is 99.0 Å². The van der Waals surface area contributed by atoms with E-state index < -0.39 is 17.9 Å². The zero-order valence-electron chi connectivity index (χ0n) is 9.84. The maximum Gasteiger partial charge on any atom is 0.332 e. The first-order chi connectivity index (χ1) is 8.06. The molecule has 0 radical (unpaired) electrons. The Bertz CT molecular complexity index is 377. The Morgan fingerprint density at radius 2 is 2.35 bits per heavy atom. The van der Waals surface area contributed by atoms with Gasteiger partial charge >= 0.3 is 5.97 Å². The monoisotopic (exact) mass is 240 g/mol. The minimum atomic E-state index is -1.28. The fourth-order valence-electron chi connectivity index (χ4n) is 1.26. The van der Waals surface area contributed by atoms with E-state index in [1.165, 1.54) is 4.90 Å². The van der Waals surface area contributed by atoms with Crippen LogP contribution in [0.5, 0.6) is 0 Å². The van der Waals surface area contributed by atoms with Crippen LogP contribution in [0, 0.1) is 0 Å². The standard InChI is InChI=1S/C10H16N4O3/c1-3-17-10(16)8(11)9(15)14(2)6-7-12-4-5-13-7/h4-5,8H,3,6,11H2,1-2H3,(H,12,13). The molecular weight excluding hydrogens is 224 g/mol. The van der Waals surface area contributed by atoms with E-state index >= 15 is 0 Å². The van der Waals surface area contributed by atoms with E-state index in [0.29, 0.717) is 5.82 Å². The number of likely N-dealkylation sites (N-methyl/N-ethyl adjacent to an activating group) is 1. The Kier molecular flexibility index (Phi) is 4.65. The van der Waals surface area contributed by atoms with Crippen LogP contribution in [0.4, 0.5) is 0 Å². The fourth-order valence-corrected chi connectivity index (χ4v) is 1.26. The van der Waals surface area contributed by atoms with Crippen LogP contribution in [-0.2, 0) is 20.9 Å². The van der Waals surface area contributed by atoms with E-state index in [0.717, 1.165) is 0 Å². The minimum Gasteiger partial charge on any atom is -0.464 e. The number of amides is 1. The van der Waals surface area contributed by atoms with Crippen LogP contribution >= 0.6 is 0 Å². The van der Waals surface area contributed by atoms with Gasteiger partial charge in [-0.25, -0.2) is 9.78 Å². The van der Waals surface area contributed by atoms with Crippen LogP contribution in [0.15, 0.2) is 12.4 Å². The van der Waals surface area contributed by atoms with Crippen LogP contribution in [0.3, 0.4) is 0 Å². The van der Waals surface area contributed by atoms with Crippen molar-refractivity contribution in [2.24, 2.45) is 5.73 Å². The first-order valence-electron chi connectivity index (χ1n) is 5.21. The molecule has 1 aromatic heterocycles. The highest BCUT2D eigenvalue weighted by atomic mass is 16.5. The largest absolute Gasteiger partial charge is 0.464 e. The Morgan fingerprint density at radius 1 is 1.65 bits per heavy atom. The molecule has 1 heterocycles. The van der Waals surface area contributed by atoms with Crippen molar-refractivity contribution in [2.45, 2.75) is 19.5 Å². The normalized spacial score (nSPS) is 11.9. The summed E-state index contributed by atoms with van der Waals surface area (Å²) in [5.41, 5.74) is 5.48. The first-order valence-corrected chi connectivity index (χ1v) is 5.21. The smallest absolute Gasteiger partial charge is 0.332 e. The lowest BCUT2D eigenvalue weighted by Crippen LogP contribution is -2.47. The molecule has 1 rings (SSSR count). The lowest BCUT2D eigenvalue weighted by atomic mass is 10.3. The van der Waals surface area contributed by atoms with Gasteiger partial charge in [-0.3, -0.25) is 4.79 Å². The van der Waals surface area contributed by atoms with Gasteiger partial charge in [0.25, 0.3) is 5.91 Å². The number of aromatic amines is 1. The van der Waals surface area contributed by atoms with Crippen LogP contribution in [0.2, 0.25) is 0 Å². The van der Waals surface area contributed by atoms with E-state index in [1.807, 2.05) is 0 Å². The average Bonchev–Trinajstić information content (AvgIpc) is 2.80. The number of H-pyrrole nitrogens is 1. The van der Waals surface area contributed by atoms with E-state index in [9.17, 15) is 9.59 Å². The van der Waals surface area contributed by atoms with Gasteiger partial charge in [-0.05, 0) is 6.92 Å². The summed E-state index contributed by atoms with van der Waals surface area (Å²) in [5.74, 6) is -0.597. The second-order valence-electron chi connectivity index (χ2n) is 3.46. The highest BCUT2D eigenvalue weighted by molar-refractivity contribution is 6.01. The molecule has 0 aromatic carbocycles. The van der Waals surface area contributed by atoms with Crippen molar-refractivity contribution in [1.82, 2.24) is 14.9 Å². The van der Waals surface area contributed by atoms with Gasteiger partial charge in [0, 0.05) is 19.4 Å². The van der Waals surface area contributed by atoms with Gasteiger partial charge in [0.2, 0.25) is 0 Å². The number of esters is 1. The van der Waals surface area contributed by atoms with Crippen molar-refractivity contribution in [1.29, 1.82) is 0 Å². The predicted molar refractivity (Wildman–Crippen MR) is 59.7 cm³/mol. The molecule has 1 amide bonds. The Hall–Kier alpha value is -1.89. The molecule has 7 heteroatoms. The molecule has 0 saturated heterocycles. The Balaban J connectivity index is 2.54. The summed E-state index contributed by atoms with van der Waals surface area (Å²) in [6.45, 7) is 2.11. The SMILES string of the molecule is CCOC(=O)C(N)C(=O)N(C)Cc1ncc[nH]1. The number of aromatic nitrogens is 2. The van der Waals surface area contributed by atoms with Gasteiger partial charge in [-0.2, -0.15) is 0 Å². The third-order valence-electron chi connectivity index (χ3n) is 2.12. The molecule has 17 heavy (non-hydrogen) atoms. The maximum atomic E-state index is 11.7. The van der Waals surface area contributed by atoms with Crippen LogP contribution in [-0.4, -0.2) is 46.4 Å². The molecule has 0 aliphatic heterocycles. The van der Waals surface area contributed by atoms with Crippen molar-refractivity contribution in [3.8, 4) is 0 Å². The summed E-state index contributed by atoms with van der Waals surface area (Å²) in [7, 11) is 1.55. The molecule has 0 fully saturated rings. The quantitative estimate of drug-likeness (QED) is 0.521. The molecule has 3 N–H and O–H groups in total. The molecule has 7 nitrogen and oxygen atoms in total. The van der Waals surface area contributed by atoms with Crippen molar-refractivity contribution in [2.75, 3.05) is 13.7 Å². The summed E-state index contributed by atoms with van der Waals surface area (Å²) >= 11 is 0. The number of rotatable bonds is 5. The minimum absolute atomic E-state index is 0.196. The highest BCUT2D eigenvalue weighted by Gasteiger charge is 2.26. The lowest BCUT2D eigenvalue weighted by Gasteiger charge is -2.19. The predicted octanol–water partition coefficient (Wildman–Crippen LogP) is -0.741. The number of ether oxygens (including phenoxy) is 1. The van der Waals surface area contributed by atoms with Gasteiger partial charge < -0.3 is 20.4 Å². The third kappa shape index (κ3) is 3.56. The van der Waals surface area contributed by atoms with Crippen molar-refractivity contribution in [3.05, 3.63) is 18.2 Å². The van der Waals surface area contributed by atoms with Crippen LogP contribution < -0.4 is 5.73 Å². The molecule has 1 aromatic rings. The van der Waals surface area contributed by atoms with E-state index in [-0.39, 0.29) is 13.2 Å². The second-order valence-corrected chi connectivity index (χ2v) is 3.46. The molecule has 0 saturated carbocycles. The Morgan fingerprint density at radius 3 is 2.88 bits per heavy atom. The number of nitrogens with two attached hydrogens (primary N) is 1. The van der Waals surface area contributed by atoms with Gasteiger partial charge in [0.1, 0.15) is 5.82 Å². The summed E-state index contributed by atoms with van der Waals surface area (Å²) in [6.07, 6.45) is 3.23. The summed E-state index contributed by atoms with van der Waals surface area (Å²) in [5, 5.41) is 0.